The molecule has 0 aromatic rings. The van der Waals surface area contributed by atoms with Gasteiger partial charge in [0.15, 0.2) is 5.96 Å². The Kier molecular flexibility index (Phi) is 13.6. The maximum atomic E-state index is 5.79. The SMILES string of the molecule is CCOC(CCNC(=NC)NCC1(SC)CCOCC1)C(C)C.I. The van der Waals surface area contributed by atoms with Crippen molar-refractivity contribution in [1.82, 2.24) is 10.6 Å². The smallest absolute Gasteiger partial charge is 0.191 e. The molecule has 1 aliphatic rings. The first kappa shape index (κ1) is 24.3. The Hall–Kier alpha value is 0.270. The van der Waals surface area contributed by atoms with Crippen molar-refractivity contribution in [3.63, 3.8) is 0 Å². The van der Waals surface area contributed by atoms with Gasteiger partial charge >= 0.3 is 0 Å². The van der Waals surface area contributed by atoms with Crippen LogP contribution < -0.4 is 10.6 Å². The molecular formula is C17H36IN3O2S. The molecule has 1 saturated heterocycles. The van der Waals surface area contributed by atoms with Crippen molar-refractivity contribution in [3.05, 3.63) is 0 Å². The highest BCUT2D eigenvalue weighted by atomic mass is 127. The third-order valence-electron chi connectivity index (χ3n) is 4.48. The molecule has 0 bridgehead atoms. The molecule has 0 aliphatic carbocycles. The quantitative estimate of drug-likeness (QED) is 0.306. The maximum absolute atomic E-state index is 5.79. The van der Waals surface area contributed by atoms with Gasteiger partial charge in [-0.2, -0.15) is 11.8 Å². The Morgan fingerprint density at radius 2 is 1.96 bits per heavy atom. The second-order valence-corrected chi connectivity index (χ2v) is 7.65. The van der Waals surface area contributed by atoms with E-state index in [1.807, 2.05) is 18.8 Å². The minimum atomic E-state index is 0. The lowest BCUT2D eigenvalue weighted by molar-refractivity contribution is 0.0258. The predicted octanol–water partition coefficient (Wildman–Crippen LogP) is 3.13. The van der Waals surface area contributed by atoms with Crippen molar-refractivity contribution in [2.24, 2.45) is 10.9 Å². The third-order valence-corrected chi connectivity index (χ3v) is 5.90. The number of nitrogens with zero attached hydrogens (tertiary/aromatic N) is 1. The van der Waals surface area contributed by atoms with Crippen molar-refractivity contribution in [2.75, 3.05) is 46.2 Å². The summed E-state index contributed by atoms with van der Waals surface area (Å²) in [6.45, 7) is 10.8. The molecule has 1 atom stereocenters. The van der Waals surface area contributed by atoms with E-state index in [1.165, 1.54) is 0 Å². The standard InChI is InChI=1S/C17H35N3O2S.HI/c1-6-22-15(14(2)3)7-10-19-16(18-4)20-13-17(23-5)8-11-21-12-9-17;/h14-15H,6-13H2,1-5H3,(H2,18,19,20);1H. The van der Waals surface area contributed by atoms with Crippen LogP contribution in [0.15, 0.2) is 4.99 Å². The molecule has 0 saturated carbocycles. The molecule has 24 heavy (non-hydrogen) atoms. The zero-order valence-electron chi connectivity index (χ0n) is 15.9. The van der Waals surface area contributed by atoms with Crippen LogP contribution in [0, 0.1) is 5.92 Å². The molecular weight excluding hydrogens is 437 g/mol. The molecule has 0 amide bonds. The lowest BCUT2D eigenvalue weighted by Crippen LogP contribution is -2.48. The van der Waals surface area contributed by atoms with Crippen LogP contribution in [0.2, 0.25) is 0 Å². The van der Waals surface area contributed by atoms with Crippen molar-refractivity contribution >= 4 is 41.7 Å². The highest BCUT2D eigenvalue weighted by Gasteiger charge is 2.31. The fraction of sp³-hybridized carbons (Fsp3) is 0.941. The number of hydrogen-bond donors (Lipinski definition) is 2. The molecule has 1 unspecified atom stereocenters. The summed E-state index contributed by atoms with van der Waals surface area (Å²) in [7, 11) is 1.83. The number of thioether (sulfide) groups is 1. The van der Waals surface area contributed by atoms with Gasteiger partial charge in [0.1, 0.15) is 0 Å². The monoisotopic (exact) mass is 473 g/mol. The first-order valence-electron chi connectivity index (χ1n) is 8.76. The van der Waals surface area contributed by atoms with Crippen molar-refractivity contribution in [2.45, 2.75) is 50.9 Å². The van der Waals surface area contributed by atoms with Gasteiger partial charge in [0.05, 0.1) is 6.10 Å². The first-order valence-corrected chi connectivity index (χ1v) is 9.98. The first-order chi connectivity index (χ1) is 11.1. The molecule has 7 heteroatoms. The molecule has 0 aromatic carbocycles. The maximum Gasteiger partial charge on any atom is 0.191 e. The number of halogens is 1. The largest absolute Gasteiger partial charge is 0.381 e. The van der Waals surface area contributed by atoms with Crippen LogP contribution in [-0.4, -0.2) is 63.0 Å². The van der Waals surface area contributed by atoms with Gasteiger partial charge in [-0.15, -0.1) is 24.0 Å². The Balaban J connectivity index is 0.00000529. The van der Waals surface area contributed by atoms with Crippen LogP contribution in [0.1, 0.15) is 40.0 Å². The van der Waals surface area contributed by atoms with Gasteiger partial charge in [-0.1, -0.05) is 13.8 Å². The van der Waals surface area contributed by atoms with Gasteiger partial charge in [-0.25, -0.2) is 0 Å². The molecule has 0 spiro atoms. The number of hydrogen-bond acceptors (Lipinski definition) is 4. The summed E-state index contributed by atoms with van der Waals surface area (Å²) in [5, 5.41) is 6.90. The van der Waals surface area contributed by atoms with Gasteiger partial charge in [0.25, 0.3) is 0 Å². The minimum absolute atomic E-state index is 0. The van der Waals surface area contributed by atoms with E-state index in [2.05, 4.69) is 42.7 Å². The summed E-state index contributed by atoms with van der Waals surface area (Å²) in [5.74, 6) is 1.41. The van der Waals surface area contributed by atoms with Crippen molar-refractivity contribution in [1.29, 1.82) is 0 Å². The fourth-order valence-corrected chi connectivity index (χ4v) is 3.61. The summed E-state index contributed by atoms with van der Waals surface area (Å²) >= 11 is 1.94. The Bertz CT molecular complexity index is 351. The van der Waals surface area contributed by atoms with E-state index in [9.17, 15) is 0 Å². The van der Waals surface area contributed by atoms with Crippen LogP contribution in [0.3, 0.4) is 0 Å². The molecule has 1 aliphatic heterocycles. The van der Waals surface area contributed by atoms with Crippen LogP contribution in [0.4, 0.5) is 0 Å². The third kappa shape index (κ3) is 8.58. The second-order valence-electron chi connectivity index (χ2n) is 6.38. The summed E-state index contributed by atoms with van der Waals surface area (Å²) in [6, 6.07) is 0. The normalized spacial score (nSPS) is 18.8. The topological polar surface area (TPSA) is 54.9 Å². The zero-order chi connectivity index (χ0) is 17.1. The van der Waals surface area contributed by atoms with Crippen LogP contribution in [-0.2, 0) is 9.47 Å². The number of rotatable bonds is 9. The van der Waals surface area contributed by atoms with Crippen molar-refractivity contribution < 1.29 is 9.47 Å². The predicted molar refractivity (Wildman–Crippen MR) is 116 cm³/mol. The summed E-state index contributed by atoms with van der Waals surface area (Å²) in [5.41, 5.74) is 0. The fourth-order valence-electron chi connectivity index (χ4n) is 2.82. The number of guanidine groups is 1. The number of ether oxygens (including phenoxy) is 2. The van der Waals surface area contributed by atoms with Gasteiger partial charge in [-0.3, -0.25) is 4.99 Å². The highest BCUT2D eigenvalue weighted by Crippen LogP contribution is 2.32. The summed E-state index contributed by atoms with van der Waals surface area (Å²) in [6.07, 6.45) is 5.68. The zero-order valence-corrected chi connectivity index (χ0v) is 19.0. The van der Waals surface area contributed by atoms with E-state index in [1.54, 1.807) is 0 Å². The van der Waals surface area contributed by atoms with Gasteiger partial charge in [0.2, 0.25) is 0 Å². The lowest BCUT2D eigenvalue weighted by Gasteiger charge is -2.36. The van der Waals surface area contributed by atoms with E-state index < -0.39 is 0 Å². The van der Waals surface area contributed by atoms with Crippen LogP contribution in [0.25, 0.3) is 0 Å². The van der Waals surface area contributed by atoms with E-state index in [0.717, 1.165) is 58.1 Å². The average molecular weight is 473 g/mol. The Morgan fingerprint density at radius 3 is 2.46 bits per heavy atom. The van der Waals surface area contributed by atoms with Crippen molar-refractivity contribution in [3.8, 4) is 0 Å². The summed E-state index contributed by atoms with van der Waals surface area (Å²) in [4.78, 5) is 4.34. The molecule has 0 aromatic heterocycles. The van der Waals surface area contributed by atoms with E-state index >= 15 is 0 Å². The lowest BCUT2D eigenvalue weighted by atomic mass is 9.99. The molecule has 1 heterocycles. The van der Waals surface area contributed by atoms with Gasteiger partial charge in [0, 0.05) is 44.7 Å². The Labute approximate surface area is 169 Å². The number of nitrogens with one attached hydrogen (secondary N) is 2. The van der Waals surface area contributed by atoms with Crippen LogP contribution >= 0.6 is 35.7 Å². The van der Waals surface area contributed by atoms with E-state index in [-0.39, 0.29) is 28.7 Å². The molecule has 0 radical (unpaired) electrons. The minimum Gasteiger partial charge on any atom is -0.381 e. The molecule has 1 rings (SSSR count). The van der Waals surface area contributed by atoms with Gasteiger partial charge < -0.3 is 20.1 Å². The van der Waals surface area contributed by atoms with Gasteiger partial charge in [-0.05, 0) is 38.4 Å². The molecule has 1 fully saturated rings. The van der Waals surface area contributed by atoms with E-state index in [4.69, 9.17) is 9.47 Å². The molecule has 2 N–H and O–H groups in total. The molecule has 144 valence electrons. The summed E-state index contributed by atoms with van der Waals surface area (Å²) < 4.78 is 11.6. The second kappa shape index (κ2) is 13.5. The Morgan fingerprint density at radius 1 is 1.29 bits per heavy atom. The van der Waals surface area contributed by atoms with E-state index in [0.29, 0.717) is 12.0 Å². The number of aliphatic imine (C=N–C) groups is 1. The van der Waals surface area contributed by atoms with Crippen LogP contribution in [0.5, 0.6) is 0 Å². The molecule has 5 nitrogen and oxygen atoms in total. The highest BCUT2D eigenvalue weighted by molar-refractivity contribution is 14.0. The average Bonchev–Trinajstić information content (AvgIpc) is 2.57.